The number of aryl methyl sites for hydroxylation is 1. The molecule has 192 valence electrons. The van der Waals surface area contributed by atoms with Crippen molar-refractivity contribution in [3.8, 4) is 34.6 Å². The standard InChI is InChI=1S/C27H26N8O3/c1-16-31-24(34-38-16)18-6-8-21(22(12-18)17-4-5-17)23-9-7-19(14-29-23)25(36)32-27-30-15-20(13-28)26(33-27)37-11-10-35(2)3/h6-9,12,14-15,17H,4-5,10-11H2,1-3H3,(H,30,32,33,36). The number of hydrogen-bond donors (Lipinski definition) is 1. The third-order valence-electron chi connectivity index (χ3n) is 6.03. The minimum atomic E-state index is -0.418. The van der Waals surface area contributed by atoms with Crippen LogP contribution in [-0.4, -0.2) is 63.1 Å². The number of nitrogens with zero attached hydrogens (tertiary/aromatic N) is 7. The number of benzene rings is 1. The molecule has 0 saturated heterocycles. The summed E-state index contributed by atoms with van der Waals surface area (Å²) >= 11 is 0. The highest BCUT2D eigenvalue weighted by Gasteiger charge is 2.27. The number of aromatic nitrogens is 5. The topological polar surface area (TPSA) is 143 Å². The summed E-state index contributed by atoms with van der Waals surface area (Å²) in [7, 11) is 3.83. The maximum atomic E-state index is 12.9. The van der Waals surface area contributed by atoms with Crippen molar-refractivity contribution in [2.24, 2.45) is 0 Å². The zero-order chi connectivity index (χ0) is 26.6. The highest BCUT2D eigenvalue weighted by Crippen LogP contribution is 2.45. The van der Waals surface area contributed by atoms with Crippen LogP contribution in [0.4, 0.5) is 5.95 Å². The van der Waals surface area contributed by atoms with Crippen LogP contribution < -0.4 is 10.1 Å². The number of amides is 1. The number of nitrogens with one attached hydrogen (secondary N) is 1. The molecule has 3 heterocycles. The molecular weight excluding hydrogens is 484 g/mol. The van der Waals surface area contributed by atoms with Crippen molar-refractivity contribution in [1.29, 1.82) is 5.26 Å². The molecule has 0 unspecified atom stereocenters. The van der Waals surface area contributed by atoms with Crippen molar-refractivity contribution in [3.05, 3.63) is 65.3 Å². The van der Waals surface area contributed by atoms with Gasteiger partial charge in [0.15, 0.2) is 0 Å². The molecule has 11 heteroatoms. The Hall–Kier alpha value is -4.69. The number of carbonyl (C=O) groups excluding carboxylic acids is 1. The summed E-state index contributed by atoms with van der Waals surface area (Å²) in [6.07, 6.45) is 5.09. The van der Waals surface area contributed by atoms with E-state index < -0.39 is 5.91 Å². The Morgan fingerprint density at radius 2 is 2.03 bits per heavy atom. The molecule has 11 nitrogen and oxygen atoms in total. The van der Waals surface area contributed by atoms with Gasteiger partial charge >= 0.3 is 0 Å². The molecule has 5 rings (SSSR count). The van der Waals surface area contributed by atoms with Crippen molar-refractivity contribution in [2.45, 2.75) is 25.7 Å². The lowest BCUT2D eigenvalue weighted by Crippen LogP contribution is -2.20. The maximum absolute atomic E-state index is 12.9. The van der Waals surface area contributed by atoms with Gasteiger partial charge in [-0.2, -0.15) is 15.2 Å². The zero-order valence-corrected chi connectivity index (χ0v) is 21.3. The van der Waals surface area contributed by atoms with E-state index in [1.165, 1.54) is 18.0 Å². The average Bonchev–Trinajstić information content (AvgIpc) is 3.68. The Morgan fingerprint density at radius 3 is 2.68 bits per heavy atom. The summed E-state index contributed by atoms with van der Waals surface area (Å²) in [5.41, 5.74) is 4.41. The zero-order valence-electron chi connectivity index (χ0n) is 21.3. The van der Waals surface area contributed by atoms with Gasteiger partial charge in [0.05, 0.1) is 17.5 Å². The number of rotatable bonds is 9. The molecule has 1 aliphatic carbocycles. The van der Waals surface area contributed by atoms with Crippen molar-refractivity contribution in [2.75, 3.05) is 32.6 Å². The van der Waals surface area contributed by atoms with Crippen molar-refractivity contribution in [1.82, 2.24) is 30.0 Å². The van der Waals surface area contributed by atoms with E-state index in [1.54, 1.807) is 13.0 Å². The second kappa shape index (κ2) is 10.7. The SMILES string of the molecule is Cc1nc(-c2ccc(-c3ccc(C(=O)Nc4ncc(C#N)c(OCCN(C)C)n4)cn3)c(C3CC3)c2)no1. The largest absolute Gasteiger partial charge is 0.475 e. The molecular formula is C27H26N8O3. The summed E-state index contributed by atoms with van der Waals surface area (Å²) in [5.74, 6) is 1.30. The third kappa shape index (κ3) is 5.66. The predicted octanol–water partition coefficient (Wildman–Crippen LogP) is 3.84. The first kappa shape index (κ1) is 25.0. The summed E-state index contributed by atoms with van der Waals surface area (Å²) in [6, 6.07) is 11.6. The molecule has 0 atom stereocenters. The number of nitriles is 1. The summed E-state index contributed by atoms with van der Waals surface area (Å²) in [4.78, 5) is 32.0. The molecule has 1 aromatic carbocycles. The molecule has 1 saturated carbocycles. The van der Waals surface area contributed by atoms with Gasteiger partial charge in [-0.3, -0.25) is 15.1 Å². The number of carbonyl (C=O) groups is 1. The van der Waals surface area contributed by atoms with Gasteiger partial charge in [-0.05, 0) is 56.6 Å². The van der Waals surface area contributed by atoms with E-state index in [9.17, 15) is 10.1 Å². The van der Waals surface area contributed by atoms with Gasteiger partial charge in [0, 0.05) is 30.8 Å². The molecule has 0 bridgehead atoms. The molecule has 0 spiro atoms. The lowest BCUT2D eigenvalue weighted by Gasteiger charge is -2.12. The molecule has 4 aromatic rings. The predicted molar refractivity (Wildman–Crippen MR) is 138 cm³/mol. The van der Waals surface area contributed by atoms with Crippen LogP contribution in [0.3, 0.4) is 0 Å². The average molecular weight is 511 g/mol. The van der Waals surface area contributed by atoms with Gasteiger partial charge in [-0.1, -0.05) is 17.3 Å². The van der Waals surface area contributed by atoms with Crippen molar-refractivity contribution >= 4 is 11.9 Å². The second-order valence-corrected chi connectivity index (χ2v) is 9.28. The minimum absolute atomic E-state index is 0.0428. The highest BCUT2D eigenvalue weighted by atomic mass is 16.5. The van der Waals surface area contributed by atoms with E-state index >= 15 is 0 Å². The number of pyridine rings is 1. The molecule has 1 fully saturated rings. The van der Waals surface area contributed by atoms with E-state index in [1.807, 2.05) is 43.3 Å². The smallest absolute Gasteiger partial charge is 0.259 e. The number of hydrogen-bond acceptors (Lipinski definition) is 10. The molecule has 1 N–H and O–H groups in total. The Balaban J connectivity index is 1.32. The van der Waals surface area contributed by atoms with Gasteiger partial charge in [0.2, 0.25) is 23.5 Å². The van der Waals surface area contributed by atoms with Crippen LogP contribution in [0.25, 0.3) is 22.6 Å². The van der Waals surface area contributed by atoms with Crippen molar-refractivity contribution < 1.29 is 14.1 Å². The fraction of sp³-hybridized carbons (Fsp3) is 0.296. The van der Waals surface area contributed by atoms with Crippen LogP contribution in [0.15, 0.2) is 47.2 Å². The third-order valence-corrected chi connectivity index (χ3v) is 6.03. The van der Waals surface area contributed by atoms with Crippen LogP contribution in [0.5, 0.6) is 5.88 Å². The Bertz CT molecular complexity index is 1500. The number of likely N-dealkylation sites (N-methyl/N-ethyl adjacent to an activating group) is 1. The van der Waals surface area contributed by atoms with Crippen LogP contribution in [0.1, 0.15) is 46.1 Å². The normalized spacial score (nSPS) is 12.8. The first-order valence-corrected chi connectivity index (χ1v) is 12.2. The molecule has 1 aliphatic rings. The van der Waals surface area contributed by atoms with Gasteiger partial charge in [0.1, 0.15) is 18.2 Å². The van der Waals surface area contributed by atoms with Gasteiger partial charge in [-0.15, -0.1) is 0 Å². The summed E-state index contributed by atoms with van der Waals surface area (Å²) < 4.78 is 10.7. The van der Waals surface area contributed by atoms with E-state index in [4.69, 9.17) is 9.26 Å². The van der Waals surface area contributed by atoms with E-state index in [0.29, 0.717) is 36.3 Å². The lowest BCUT2D eigenvalue weighted by molar-refractivity contribution is 0.102. The van der Waals surface area contributed by atoms with Gasteiger partial charge < -0.3 is 14.2 Å². The highest BCUT2D eigenvalue weighted by molar-refractivity contribution is 6.03. The quantitative estimate of drug-likeness (QED) is 0.353. The molecule has 0 radical (unpaired) electrons. The molecule has 38 heavy (non-hydrogen) atoms. The van der Waals surface area contributed by atoms with E-state index in [-0.39, 0.29) is 17.4 Å². The fourth-order valence-electron chi connectivity index (χ4n) is 3.88. The minimum Gasteiger partial charge on any atom is -0.475 e. The van der Waals surface area contributed by atoms with Gasteiger partial charge in [-0.25, -0.2) is 4.98 Å². The number of ether oxygens (including phenoxy) is 1. The monoisotopic (exact) mass is 510 g/mol. The first-order chi connectivity index (χ1) is 18.4. The summed E-state index contributed by atoms with van der Waals surface area (Å²) in [5, 5.41) is 16.0. The van der Waals surface area contributed by atoms with Crippen LogP contribution in [0, 0.1) is 18.3 Å². The Kier molecular flexibility index (Phi) is 7.06. The van der Waals surface area contributed by atoms with Crippen LogP contribution in [0.2, 0.25) is 0 Å². The van der Waals surface area contributed by atoms with Crippen molar-refractivity contribution in [3.63, 3.8) is 0 Å². The van der Waals surface area contributed by atoms with E-state index in [0.717, 1.165) is 29.7 Å². The van der Waals surface area contributed by atoms with Crippen LogP contribution in [-0.2, 0) is 0 Å². The Labute approximate surface area is 219 Å². The second-order valence-electron chi connectivity index (χ2n) is 9.28. The van der Waals surface area contributed by atoms with Gasteiger partial charge in [0.25, 0.3) is 5.91 Å². The molecule has 1 amide bonds. The summed E-state index contributed by atoms with van der Waals surface area (Å²) in [6.45, 7) is 2.76. The van der Waals surface area contributed by atoms with E-state index in [2.05, 4.69) is 36.5 Å². The van der Waals surface area contributed by atoms with Crippen LogP contribution >= 0.6 is 0 Å². The maximum Gasteiger partial charge on any atom is 0.259 e. The lowest BCUT2D eigenvalue weighted by atomic mass is 9.97. The molecule has 0 aliphatic heterocycles. The fourth-order valence-corrected chi connectivity index (χ4v) is 3.88. The Morgan fingerprint density at radius 1 is 1.18 bits per heavy atom. The molecule has 3 aromatic heterocycles. The number of anilines is 1. The first-order valence-electron chi connectivity index (χ1n) is 12.2.